The Bertz CT molecular complexity index is 487. The maximum absolute atomic E-state index is 10.3. The van der Waals surface area contributed by atoms with Crippen molar-refractivity contribution in [2.45, 2.75) is 63.6 Å². The van der Waals surface area contributed by atoms with E-state index in [2.05, 4.69) is 35.9 Å². The van der Waals surface area contributed by atoms with Gasteiger partial charge in [0.05, 0.1) is 11.7 Å². The standard InChI is InChI=1S/C15H25N3O3/c1-14(2,3)12-16-17-13(21-12)18-8-6-15(7-9-18)11(19)5-4-10-20-15/h11,19H,4-10H2,1-3H3. The molecule has 6 heteroatoms. The number of aliphatic hydroxyl groups excluding tert-OH is 1. The third kappa shape index (κ3) is 2.79. The van der Waals surface area contributed by atoms with Crippen molar-refractivity contribution in [3.8, 4) is 0 Å². The van der Waals surface area contributed by atoms with Crippen LogP contribution in [0.25, 0.3) is 0 Å². The molecule has 1 aromatic rings. The van der Waals surface area contributed by atoms with Gasteiger partial charge in [-0.05, 0) is 25.7 Å². The molecule has 3 rings (SSSR count). The van der Waals surface area contributed by atoms with Gasteiger partial charge in [-0.1, -0.05) is 25.9 Å². The fraction of sp³-hybridized carbons (Fsp3) is 0.867. The Morgan fingerprint density at radius 1 is 1.24 bits per heavy atom. The second-order valence-electron chi connectivity index (χ2n) is 7.20. The Morgan fingerprint density at radius 3 is 2.52 bits per heavy atom. The molecule has 0 radical (unpaired) electrons. The molecule has 3 heterocycles. The van der Waals surface area contributed by atoms with Gasteiger partial charge < -0.3 is 19.2 Å². The molecule has 1 unspecified atom stereocenters. The van der Waals surface area contributed by atoms with Crippen LogP contribution >= 0.6 is 0 Å². The van der Waals surface area contributed by atoms with Crippen LogP contribution in [0.1, 0.15) is 52.3 Å². The number of aliphatic hydroxyl groups is 1. The molecule has 0 amide bonds. The van der Waals surface area contributed by atoms with Crippen molar-refractivity contribution in [1.82, 2.24) is 10.2 Å². The van der Waals surface area contributed by atoms with Gasteiger partial charge >= 0.3 is 6.01 Å². The summed E-state index contributed by atoms with van der Waals surface area (Å²) in [5.41, 5.74) is -0.493. The van der Waals surface area contributed by atoms with Crippen LogP contribution in [0.5, 0.6) is 0 Å². The molecule has 2 aliphatic rings. The highest BCUT2D eigenvalue weighted by atomic mass is 16.5. The quantitative estimate of drug-likeness (QED) is 0.853. The summed E-state index contributed by atoms with van der Waals surface area (Å²) in [5.74, 6) is 0.659. The Labute approximate surface area is 125 Å². The van der Waals surface area contributed by atoms with E-state index >= 15 is 0 Å². The van der Waals surface area contributed by atoms with E-state index in [-0.39, 0.29) is 17.1 Å². The highest BCUT2D eigenvalue weighted by Crippen LogP contribution is 2.36. The van der Waals surface area contributed by atoms with Crippen LogP contribution in [0.15, 0.2) is 4.42 Å². The van der Waals surface area contributed by atoms with Crippen LogP contribution < -0.4 is 4.90 Å². The summed E-state index contributed by atoms with van der Waals surface area (Å²) < 4.78 is 11.7. The van der Waals surface area contributed by atoms with Gasteiger partial charge in [0.25, 0.3) is 0 Å². The minimum absolute atomic E-state index is 0.134. The van der Waals surface area contributed by atoms with Crippen molar-refractivity contribution >= 4 is 6.01 Å². The van der Waals surface area contributed by atoms with Gasteiger partial charge in [-0.25, -0.2) is 0 Å². The van der Waals surface area contributed by atoms with Crippen molar-refractivity contribution in [3.05, 3.63) is 5.89 Å². The van der Waals surface area contributed by atoms with Crippen LogP contribution in [-0.2, 0) is 10.2 Å². The molecule has 0 aromatic carbocycles. The van der Waals surface area contributed by atoms with Crippen LogP contribution in [0.2, 0.25) is 0 Å². The van der Waals surface area contributed by atoms with Crippen LogP contribution in [0.4, 0.5) is 6.01 Å². The number of aromatic nitrogens is 2. The average molecular weight is 295 g/mol. The lowest BCUT2D eigenvalue weighted by Crippen LogP contribution is -2.55. The molecule has 1 spiro atoms. The zero-order chi connectivity index (χ0) is 15.1. The topological polar surface area (TPSA) is 71.6 Å². The highest BCUT2D eigenvalue weighted by molar-refractivity contribution is 5.27. The van der Waals surface area contributed by atoms with Gasteiger partial charge in [0.15, 0.2) is 0 Å². The smallest absolute Gasteiger partial charge is 0.318 e. The van der Waals surface area contributed by atoms with E-state index in [0.717, 1.165) is 45.4 Å². The molecule has 2 fully saturated rings. The Kier molecular flexibility index (Phi) is 3.69. The Balaban J connectivity index is 1.67. The van der Waals surface area contributed by atoms with Crippen LogP contribution in [0.3, 0.4) is 0 Å². The molecule has 0 bridgehead atoms. The summed E-state index contributed by atoms with van der Waals surface area (Å²) in [5, 5.41) is 18.6. The van der Waals surface area contributed by atoms with Crippen LogP contribution in [0, 0.1) is 0 Å². The number of hydrogen-bond donors (Lipinski definition) is 1. The predicted molar refractivity (Wildman–Crippen MR) is 78.4 cm³/mol. The summed E-state index contributed by atoms with van der Waals surface area (Å²) in [7, 11) is 0. The number of ether oxygens (including phenoxy) is 1. The fourth-order valence-corrected chi connectivity index (χ4v) is 3.11. The van der Waals surface area contributed by atoms with E-state index in [0.29, 0.717) is 11.9 Å². The number of rotatable bonds is 1. The summed E-state index contributed by atoms with van der Waals surface area (Å²) >= 11 is 0. The zero-order valence-electron chi connectivity index (χ0n) is 13.1. The molecule has 0 saturated carbocycles. The predicted octanol–water partition coefficient (Wildman–Crippen LogP) is 1.88. The first-order valence-corrected chi connectivity index (χ1v) is 7.82. The molecule has 0 aliphatic carbocycles. The number of piperidine rings is 1. The van der Waals surface area contributed by atoms with Gasteiger partial charge in [0.1, 0.15) is 0 Å². The maximum atomic E-state index is 10.3. The van der Waals surface area contributed by atoms with E-state index in [1.54, 1.807) is 0 Å². The lowest BCUT2D eigenvalue weighted by Gasteiger charge is -2.46. The summed E-state index contributed by atoms with van der Waals surface area (Å²) in [6, 6.07) is 0.583. The largest absolute Gasteiger partial charge is 0.407 e. The van der Waals surface area contributed by atoms with Gasteiger partial charge in [0, 0.05) is 25.1 Å². The minimum atomic E-state index is -0.359. The second kappa shape index (κ2) is 5.25. The van der Waals surface area contributed by atoms with Gasteiger partial charge in [0.2, 0.25) is 5.89 Å². The molecular weight excluding hydrogens is 270 g/mol. The van der Waals surface area contributed by atoms with E-state index in [1.165, 1.54) is 0 Å². The van der Waals surface area contributed by atoms with E-state index in [4.69, 9.17) is 9.15 Å². The van der Waals surface area contributed by atoms with Crippen LogP contribution in [-0.4, -0.2) is 46.7 Å². The summed E-state index contributed by atoms with van der Waals surface area (Å²) in [6.45, 7) is 8.49. The Morgan fingerprint density at radius 2 is 1.95 bits per heavy atom. The third-order valence-electron chi connectivity index (χ3n) is 4.55. The molecular formula is C15H25N3O3. The first kappa shape index (κ1) is 14.8. The number of anilines is 1. The van der Waals surface area contributed by atoms with Crippen molar-refractivity contribution in [2.24, 2.45) is 0 Å². The highest BCUT2D eigenvalue weighted by Gasteiger charge is 2.44. The molecule has 1 atom stereocenters. The minimum Gasteiger partial charge on any atom is -0.407 e. The zero-order valence-corrected chi connectivity index (χ0v) is 13.1. The average Bonchev–Trinajstić information content (AvgIpc) is 2.93. The molecule has 6 nitrogen and oxygen atoms in total. The normalized spacial score (nSPS) is 26.3. The number of hydrogen-bond acceptors (Lipinski definition) is 6. The SMILES string of the molecule is CC(C)(C)c1nnc(N2CCC3(CC2)OCCCC3O)o1. The molecule has 1 aromatic heterocycles. The van der Waals surface area contributed by atoms with Crippen molar-refractivity contribution in [2.75, 3.05) is 24.6 Å². The summed E-state index contributed by atoms with van der Waals surface area (Å²) in [6.07, 6.45) is 3.06. The summed E-state index contributed by atoms with van der Waals surface area (Å²) in [4.78, 5) is 2.10. The first-order valence-electron chi connectivity index (χ1n) is 7.82. The third-order valence-corrected chi connectivity index (χ3v) is 4.55. The molecule has 21 heavy (non-hydrogen) atoms. The molecule has 118 valence electrons. The Hall–Kier alpha value is -1.14. The fourth-order valence-electron chi connectivity index (χ4n) is 3.11. The monoisotopic (exact) mass is 295 g/mol. The second-order valence-corrected chi connectivity index (χ2v) is 7.20. The maximum Gasteiger partial charge on any atom is 0.318 e. The van der Waals surface area contributed by atoms with E-state index in [1.807, 2.05) is 0 Å². The lowest BCUT2D eigenvalue weighted by atomic mass is 9.82. The molecule has 2 aliphatic heterocycles. The van der Waals surface area contributed by atoms with Crippen molar-refractivity contribution in [1.29, 1.82) is 0 Å². The number of nitrogens with zero attached hydrogens (tertiary/aromatic N) is 3. The van der Waals surface area contributed by atoms with E-state index < -0.39 is 0 Å². The van der Waals surface area contributed by atoms with Crippen molar-refractivity contribution < 1.29 is 14.3 Å². The first-order chi connectivity index (χ1) is 9.91. The van der Waals surface area contributed by atoms with Gasteiger partial charge in [-0.3, -0.25) is 0 Å². The molecule has 2 saturated heterocycles. The van der Waals surface area contributed by atoms with Crippen molar-refractivity contribution in [3.63, 3.8) is 0 Å². The van der Waals surface area contributed by atoms with Gasteiger partial charge in [-0.15, -0.1) is 5.10 Å². The van der Waals surface area contributed by atoms with Gasteiger partial charge in [-0.2, -0.15) is 0 Å². The van der Waals surface area contributed by atoms with E-state index in [9.17, 15) is 5.11 Å². The molecule has 1 N–H and O–H groups in total. The lowest BCUT2D eigenvalue weighted by molar-refractivity contribution is -0.164.